The lowest BCUT2D eigenvalue weighted by Crippen LogP contribution is -2.45. The Hall–Kier alpha value is -2.86. The third kappa shape index (κ3) is 5.56. The van der Waals surface area contributed by atoms with Crippen LogP contribution in [0.2, 0.25) is 0 Å². The Morgan fingerprint density at radius 2 is 1.70 bits per heavy atom. The first kappa shape index (κ1) is 23.3. The van der Waals surface area contributed by atoms with Gasteiger partial charge in [0, 0.05) is 26.6 Å². The second-order valence-electron chi connectivity index (χ2n) is 9.40. The highest BCUT2D eigenvalue weighted by molar-refractivity contribution is 5.85. The van der Waals surface area contributed by atoms with Gasteiger partial charge in [-0.25, -0.2) is 0 Å². The van der Waals surface area contributed by atoms with Gasteiger partial charge in [-0.3, -0.25) is 9.59 Å². The lowest BCUT2D eigenvalue weighted by atomic mass is 9.77. The first-order valence-corrected chi connectivity index (χ1v) is 12.0. The molecule has 0 saturated carbocycles. The number of nitrogens with one attached hydrogen (secondary N) is 1. The van der Waals surface area contributed by atoms with Gasteiger partial charge in [-0.15, -0.1) is 0 Å². The number of amides is 2. The number of hydrogen-bond acceptors (Lipinski definition) is 4. The fraction of sp³-hybridized carbons (Fsp3) is 0.481. The zero-order chi connectivity index (χ0) is 23.3. The van der Waals surface area contributed by atoms with Crippen LogP contribution in [0.1, 0.15) is 49.8 Å². The van der Waals surface area contributed by atoms with Gasteiger partial charge in [0.1, 0.15) is 5.75 Å². The van der Waals surface area contributed by atoms with E-state index in [2.05, 4.69) is 22.3 Å². The van der Waals surface area contributed by atoms with Gasteiger partial charge in [0.05, 0.1) is 18.6 Å². The number of piperidine rings is 1. The number of carbonyl (C=O) groups is 2. The van der Waals surface area contributed by atoms with E-state index in [9.17, 15) is 9.59 Å². The SMILES string of the molecule is COc1ccc(CN2CCC3(CCN(CC[C@H](NC(C)=O)c4ccccc4)CC3)C2=O)cc1. The van der Waals surface area contributed by atoms with E-state index in [4.69, 9.17) is 4.74 Å². The number of carbonyl (C=O) groups excluding carboxylic acids is 2. The molecular formula is C27H35N3O3. The minimum absolute atomic E-state index is 0.00467. The second-order valence-corrected chi connectivity index (χ2v) is 9.40. The molecule has 2 amide bonds. The van der Waals surface area contributed by atoms with Crippen molar-refractivity contribution >= 4 is 11.8 Å². The zero-order valence-electron chi connectivity index (χ0n) is 19.8. The summed E-state index contributed by atoms with van der Waals surface area (Å²) in [7, 11) is 1.66. The fourth-order valence-corrected chi connectivity index (χ4v) is 5.23. The van der Waals surface area contributed by atoms with Crippen molar-refractivity contribution in [2.45, 2.75) is 45.2 Å². The number of nitrogens with zero attached hydrogens (tertiary/aromatic N) is 2. The standard InChI is InChI=1S/C27H35N3O3/c1-21(31)28-25(23-6-4-3-5-7-23)12-16-29-17-13-27(14-18-29)15-19-30(26(27)32)20-22-8-10-24(33-2)11-9-22/h3-11,25H,12-20H2,1-2H3,(H,28,31)/t25-/m0/s1. The summed E-state index contributed by atoms with van der Waals surface area (Å²) < 4.78 is 5.23. The molecule has 4 rings (SSSR count). The van der Waals surface area contributed by atoms with Crippen LogP contribution in [-0.2, 0) is 16.1 Å². The van der Waals surface area contributed by atoms with Crippen molar-refractivity contribution in [3.05, 3.63) is 65.7 Å². The lowest BCUT2D eigenvalue weighted by molar-refractivity contribution is -0.139. The summed E-state index contributed by atoms with van der Waals surface area (Å²) in [6.45, 7) is 5.87. The van der Waals surface area contributed by atoms with E-state index in [1.807, 2.05) is 47.4 Å². The summed E-state index contributed by atoms with van der Waals surface area (Å²) in [4.78, 5) is 29.5. The van der Waals surface area contributed by atoms with E-state index in [0.29, 0.717) is 12.5 Å². The normalized spacial score (nSPS) is 19.0. The van der Waals surface area contributed by atoms with E-state index >= 15 is 0 Å². The molecule has 0 radical (unpaired) electrons. The zero-order valence-corrected chi connectivity index (χ0v) is 19.8. The molecule has 2 aliphatic heterocycles. The minimum atomic E-state index is -0.195. The van der Waals surface area contributed by atoms with Crippen LogP contribution in [0.4, 0.5) is 0 Å². The highest BCUT2D eigenvalue weighted by atomic mass is 16.5. The number of likely N-dealkylation sites (tertiary alicyclic amines) is 2. The molecule has 1 spiro atoms. The summed E-state index contributed by atoms with van der Waals surface area (Å²) in [5.74, 6) is 1.15. The average Bonchev–Trinajstić information content (AvgIpc) is 3.13. The van der Waals surface area contributed by atoms with Crippen molar-refractivity contribution in [2.75, 3.05) is 33.3 Å². The fourth-order valence-electron chi connectivity index (χ4n) is 5.23. The first-order valence-electron chi connectivity index (χ1n) is 12.0. The summed E-state index contributed by atoms with van der Waals surface area (Å²) in [5, 5.41) is 3.09. The number of rotatable bonds is 8. The second kappa shape index (κ2) is 10.4. The van der Waals surface area contributed by atoms with Gasteiger partial charge in [0.25, 0.3) is 0 Å². The Kier molecular flexibility index (Phi) is 7.33. The molecule has 2 saturated heterocycles. The van der Waals surface area contributed by atoms with Crippen LogP contribution in [0.15, 0.2) is 54.6 Å². The van der Waals surface area contributed by atoms with Crippen molar-refractivity contribution in [2.24, 2.45) is 5.41 Å². The van der Waals surface area contributed by atoms with Gasteiger partial charge in [-0.2, -0.15) is 0 Å². The Labute approximate surface area is 196 Å². The molecule has 2 aliphatic rings. The van der Waals surface area contributed by atoms with Crippen LogP contribution in [0.25, 0.3) is 0 Å². The van der Waals surface area contributed by atoms with Crippen LogP contribution in [0.5, 0.6) is 5.75 Å². The van der Waals surface area contributed by atoms with Gasteiger partial charge in [0.2, 0.25) is 11.8 Å². The van der Waals surface area contributed by atoms with E-state index in [-0.39, 0.29) is 17.4 Å². The van der Waals surface area contributed by atoms with Gasteiger partial charge in [0.15, 0.2) is 0 Å². The summed E-state index contributed by atoms with van der Waals surface area (Å²) in [6.07, 6.45) is 3.66. The predicted molar refractivity (Wildman–Crippen MR) is 129 cm³/mol. The maximum Gasteiger partial charge on any atom is 0.229 e. The molecule has 1 N–H and O–H groups in total. The molecule has 2 fully saturated rings. The molecule has 0 aromatic heterocycles. The minimum Gasteiger partial charge on any atom is -0.497 e. The van der Waals surface area contributed by atoms with Gasteiger partial charge in [-0.05, 0) is 62.0 Å². The quantitative estimate of drug-likeness (QED) is 0.666. The van der Waals surface area contributed by atoms with Gasteiger partial charge in [-0.1, -0.05) is 42.5 Å². The van der Waals surface area contributed by atoms with Crippen LogP contribution in [0.3, 0.4) is 0 Å². The smallest absolute Gasteiger partial charge is 0.229 e. The third-order valence-corrected chi connectivity index (χ3v) is 7.26. The summed E-state index contributed by atoms with van der Waals surface area (Å²) in [5.41, 5.74) is 2.09. The van der Waals surface area contributed by atoms with E-state index in [1.165, 1.54) is 0 Å². The number of ether oxygens (including phenoxy) is 1. The van der Waals surface area contributed by atoms with Gasteiger partial charge < -0.3 is 19.9 Å². The van der Waals surface area contributed by atoms with E-state index < -0.39 is 0 Å². The Balaban J connectivity index is 1.29. The monoisotopic (exact) mass is 449 g/mol. The first-order chi connectivity index (χ1) is 16.0. The van der Waals surface area contributed by atoms with Crippen LogP contribution in [0, 0.1) is 5.41 Å². The summed E-state index contributed by atoms with van der Waals surface area (Å²) in [6, 6.07) is 18.2. The highest BCUT2D eigenvalue weighted by Crippen LogP contribution is 2.42. The topological polar surface area (TPSA) is 61.9 Å². The van der Waals surface area contributed by atoms with E-state index in [1.54, 1.807) is 14.0 Å². The molecule has 0 unspecified atom stereocenters. The van der Waals surface area contributed by atoms with Crippen LogP contribution in [-0.4, -0.2) is 54.9 Å². The van der Waals surface area contributed by atoms with Crippen molar-refractivity contribution in [1.29, 1.82) is 0 Å². The lowest BCUT2D eigenvalue weighted by Gasteiger charge is -2.38. The number of methoxy groups -OCH3 is 1. The van der Waals surface area contributed by atoms with Gasteiger partial charge >= 0.3 is 0 Å². The maximum absolute atomic E-state index is 13.3. The van der Waals surface area contributed by atoms with E-state index in [0.717, 1.165) is 68.7 Å². The van der Waals surface area contributed by atoms with Crippen molar-refractivity contribution in [3.8, 4) is 5.75 Å². The van der Waals surface area contributed by atoms with Crippen LogP contribution >= 0.6 is 0 Å². The highest BCUT2D eigenvalue weighted by Gasteiger charge is 2.47. The Morgan fingerprint density at radius 3 is 2.33 bits per heavy atom. The van der Waals surface area contributed by atoms with Crippen molar-refractivity contribution in [1.82, 2.24) is 15.1 Å². The Morgan fingerprint density at radius 1 is 1.03 bits per heavy atom. The average molecular weight is 450 g/mol. The molecule has 2 aromatic carbocycles. The maximum atomic E-state index is 13.3. The molecule has 6 nitrogen and oxygen atoms in total. The molecule has 1 atom stereocenters. The predicted octanol–water partition coefficient (Wildman–Crippen LogP) is 3.78. The summed E-state index contributed by atoms with van der Waals surface area (Å²) >= 11 is 0. The molecule has 176 valence electrons. The number of hydrogen-bond donors (Lipinski definition) is 1. The molecule has 2 aromatic rings. The Bertz CT molecular complexity index is 937. The largest absolute Gasteiger partial charge is 0.497 e. The molecule has 2 heterocycles. The van der Waals surface area contributed by atoms with Crippen molar-refractivity contribution < 1.29 is 14.3 Å². The van der Waals surface area contributed by atoms with Crippen molar-refractivity contribution in [3.63, 3.8) is 0 Å². The molecule has 6 heteroatoms. The molecule has 33 heavy (non-hydrogen) atoms. The molecular weight excluding hydrogens is 414 g/mol. The molecule has 0 aliphatic carbocycles. The number of benzene rings is 2. The molecule has 0 bridgehead atoms. The van der Waals surface area contributed by atoms with Crippen LogP contribution < -0.4 is 10.1 Å². The third-order valence-electron chi connectivity index (χ3n) is 7.26.